The molecule has 0 bridgehead atoms. The molecule has 0 N–H and O–H groups in total. The van der Waals surface area contributed by atoms with Crippen molar-refractivity contribution in [2.75, 3.05) is 13.7 Å². The van der Waals surface area contributed by atoms with Crippen molar-refractivity contribution in [1.82, 2.24) is 14.5 Å². The van der Waals surface area contributed by atoms with Crippen molar-refractivity contribution in [3.63, 3.8) is 0 Å². The first kappa shape index (κ1) is 20.4. The van der Waals surface area contributed by atoms with Gasteiger partial charge < -0.3 is 14.2 Å². The minimum absolute atomic E-state index is 0.0493. The first-order valence-electron chi connectivity index (χ1n) is 10.4. The molecule has 1 aromatic heterocycles. The highest BCUT2D eigenvalue weighted by atomic mass is 16.5. The minimum Gasteiger partial charge on any atom is -0.367 e. The number of likely N-dealkylation sites (tertiary alicyclic amines) is 1. The Hall–Kier alpha value is -2.92. The second-order valence-electron chi connectivity index (χ2n) is 8.20. The van der Waals surface area contributed by atoms with Gasteiger partial charge in [-0.3, -0.25) is 4.79 Å². The van der Waals surface area contributed by atoms with E-state index in [2.05, 4.69) is 67.4 Å². The van der Waals surface area contributed by atoms with Crippen LogP contribution in [0.5, 0.6) is 0 Å². The maximum Gasteiger partial charge on any atom is 0.290 e. The summed E-state index contributed by atoms with van der Waals surface area (Å²) >= 11 is 0. The third-order valence-electron chi connectivity index (χ3n) is 6.21. The van der Waals surface area contributed by atoms with Crippen LogP contribution in [0.1, 0.15) is 45.7 Å². The van der Waals surface area contributed by atoms with Crippen LogP contribution in [0.2, 0.25) is 0 Å². The number of carbonyl (C=O) groups is 1. The maximum atomic E-state index is 13.5. The van der Waals surface area contributed by atoms with Gasteiger partial charge in [0.15, 0.2) is 5.82 Å². The molecule has 2 aromatic carbocycles. The summed E-state index contributed by atoms with van der Waals surface area (Å²) in [6.45, 7) is 4.87. The van der Waals surface area contributed by atoms with Gasteiger partial charge in [-0.1, -0.05) is 59.7 Å². The first-order valence-corrected chi connectivity index (χ1v) is 10.4. The highest BCUT2D eigenvalue weighted by Gasteiger charge is 2.49. The summed E-state index contributed by atoms with van der Waals surface area (Å²) in [5, 5.41) is 0. The molecule has 3 aromatic rings. The number of methoxy groups -OCH3 is 1. The molecule has 1 amide bonds. The Labute approximate surface area is 178 Å². The molecule has 0 aliphatic carbocycles. The number of nitrogens with zero attached hydrogens (tertiary/aromatic N) is 3. The van der Waals surface area contributed by atoms with E-state index in [4.69, 9.17) is 4.74 Å². The number of ether oxygens (including phenoxy) is 1. The molecule has 0 spiro atoms. The topological polar surface area (TPSA) is 47.4 Å². The third-order valence-corrected chi connectivity index (χ3v) is 6.21. The van der Waals surface area contributed by atoms with Crippen molar-refractivity contribution in [2.45, 2.75) is 38.3 Å². The lowest BCUT2D eigenvalue weighted by Gasteiger charge is -2.43. The predicted molar refractivity (Wildman–Crippen MR) is 117 cm³/mol. The molecule has 1 aliphatic heterocycles. The number of aromatic nitrogens is 2. The molecule has 4 rings (SSSR count). The van der Waals surface area contributed by atoms with Gasteiger partial charge in [0.2, 0.25) is 0 Å². The number of benzene rings is 2. The van der Waals surface area contributed by atoms with Crippen LogP contribution in [-0.4, -0.2) is 40.1 Å². The number of aryl methyl sites for hydroxylation is 3. The number of imidazole rings is 1. The van der Waals surface area contributed by atoms with Crippen LogP contribution in [0.15, 0.2) is 60.9 Å². The highest BCUT2D eigenvalue weighted by molar-refractivity contribution is 5.91. The molecule has 5 nitrogen and oxygen atoms in total. The van der Waals surface area contributed by atoms with E-state index in [9.17, 15) is 4.79 Å². The van der Waals surface area contributed by atoms with Gasteiger partial charge in [-0.15, -0.1) is 0 Å². The van der Waals surface area contributed by atoms with E-state index in [-0.39, 0.29) is 11.9 Å². The zero-order valence-corrected chi connectivity index (χ0v) is 18.1. The quantitative estimate of drug-likeness (QED) is 0.640. The van der Waals surface area contributed by atoms with Crippen LogP contribution in [-0.2, 0) is 17.4 Å². The number of hydrogen-bond acceptors (Lipinski definition) is 3. The van der Waals surface area contributed by atoms with E-state index in [0.717, 1.165) is 24.0 Å². The van der Waals surface area contributed by atoms with Gasteiger partial charge in [0.25, 0.3) is 5.91 Å². The Morgan fingerprint density at radius 3 is 2.23 bits per heavy atom. The summed E-state index contributed by atoms with van der Waals surface area (Å²) in [5.74, 6) is 0.409. The van der Waals surface area contributed by atoms with Crippen LogP contribution >= 0.6 is 0 Å². The van der Waals surface area contributed by atoms with Crippen molar-refractivity contribution in [3.8, 4) is 0 Å². The van der Waals surface area contributed by atoms with E-state index < -0.39 is 5.60 Å². The predicted octanol–water partition coefficient (Wildman–Crippen LogP) is 4.23. The number of carbonyl (C=O) groups excluding carboxylic acids is 1. The van der Waals surface area contributed by atoms with Gasteiger partial charge in [0.05, 0.1) is 6.04 Å². The van der Waals surface area contributed by atoms with E-state index >= 15 is 0 Å². The summed E-state index contributed by atoms with van der Waals surface area (Å²) in [6, 6.07) is 16.7. The van der Waals surface area contributed by atoms with Crippen molar-refractivity contribution in [1.29, 1.82) is 0 Å². The van der Waals surface area contributed by atoms with E-state index in [0.29, 0.717) is 12.4 Å². The summed E-state index contributed by atoms with van der Waals surface area (Å²) in [4.78, 5) is 19.7. The van der Waals surface area contributed by atoms with Crippen LogP contribution in [0.4, 0.5) is 0 Å². The Kier molecular flexibility index (Phi) is 5.48. The number of amides is 1. The Morgan fingerprint density at radius 1 is 1.10 bits per heavy atom. The smallest absolute Gasteiger partial charge is 0.290 e. The van der Waals surface area contributed by atoms with Gasteiger partial charge in [-0.25, -0.2) is 4.98 Å². The SMILES string of the molecule is COC(c1cccc(C)c1)(c1cccc(C)c1)C1CCCN1C(=O)c1nccn1C. The molecule has 1 atom stereocenters. The average molecular weight is 404 g/mol. The van der Waals surface area contributed by atoms with Crippen LogP contribution in [0, 0.1) is 13.8 Å². The lowest BCUT2D eigenvalue weighted by molar-refractivity contribution is -0.0365. The van der Waals surface area contributed by atoms with Gasteiger partial charge in [-0.05, 0) is 37.8 Å². The lowest BCUT2D eigenvalue weighted by atomic mass is 9.77. The molecule has 30 heavy (non-hydrogen) atoms. The molecular formula is C25H29N3O2. The van der Waals surface area contributed by atoms with Gasteiger partial charge in [-0.2, -0.15) is 0 Å². The fraction of sp³-hybridized carbons (Fsp3) is 0.360. The zero-order chi connectivity index (χ0) is 21.3. The number of rotatable bonds is 5. The Bertz CT molecular complexity index is 1010. The molecule has 1 fully saturated rings. The molecular weight excluding hydrogens is 374 g/mol. The van der Waals surface area contributed by atoms with Crippen LogP contribution < -0.4 is 0 Å². The van der Waals surface area contributed by atoms with Crippen molar-refractivity contribution in [3.05, 3.63) is 89.0 Å². The van der Waals surface area contributed by atoms with E-state index in [1.54, 1.807) is 17.9 Å². The fourth-order valence-corrected chi connectivity index (χ4v) is 4.81. The lowest BCUT2D eigenvalue weighted by Crippen LogP contribution is -2.52. The molecule has 2 heterocycles. The molecule has 1 saturated heterocycles. The normalized spacial score (nSPS) is 16.8. The maximum absolute atomic E-state index is 13.5. The molecule has 156 valence electrons. The van der Waals surface area contributed by atoms with Crippen molar-refractivity contribution >= 4 is 5.91 Å². The highest BCUT2D eigenvalue weighted by Crippen LogP contribution is 2.44. The molecule has 5 heteroatoms. The molecule has 0 saturated carbocycles. The summed E-state index contributed by atoms with van der Waals surface area (Å²) in [7, 11) is 3.61. The van der Waals surface area contributed by atoms with Crippen molar-refractivity contribution in [2.24, 2.45) is 7.05 Å². The van der Waals surface area contributed by atoms with Gasteiger partial charge in [0, 0.05) is 33.1 Å². The van der Waals surface area contributed by atoms with Crippen molar-refractivity contribution < 1.29 is 9.53 Å². The third kappa shape index (κ3) is 3.33. The fourth-order valence-electron chi connectivity index (χ4n) is 4.81. The Balaban J connectivity index is 1.89. The van der Waals surface area contributed by atoms with Gasteiger partial charge in [0.1, 0.15) is 5.60 Å². The van der Waals surface area contributed by atoms with Crippen LogP contribution in [0.3, 0.4) is 0 Å². The van der Waals surface area contributed by atoms with E-state index in [1.165, 1.54) is 11.1 Å². The molecule has 1 aliphatic rings. The second-order valence-corrected chi connectivity index (χ2v) is 8.20. The van der Waals surface area contributed by atoms with E-state index in [1.807, 2.05) is 18.1 Å². The largest absolute Gasteiger partial charge is 0.367 e. The molecule has 1 unspecified atom stereocenters. The number of hydrogen-bond donors (Lipinski definition) is 0. The average Bonchev–Trinajstić information content (AvgIpc) is 3.38. The van der Waals surface area contributed by atoms with Gasteiger partial charge >= 0.3 is 0 Å². The summed E-state index contributed by atoms with van der Waals surface area (Å²) < 4.78 is 8.19. The summed E-state index contributed by atoms with van der Waals surface area (Å²) in [5.41, 5.74) is 3.72. The monoisotopic (exact) mass is 403 g/mol. The standard InChI is InChI=1S/C25H29N3O2/c1-18-8-5-10-20(16-18)25(30-4,21-11-6-9-19(2)17-21)22-12-7-14-28(22)24(29)23-26-13-15-27(23)3/h5-6,8-11,13,15-17,22H,7,12,14H2,1-4H3. The summed E-state index contributed by atoms with van der Waals surface area (Å²) in [6.07, 6.45) is 5.28. The van der Waals surface area contributed by atoms with Crippen LogP contribution in [0.25, 0.3) is 0 Å². The molecule has 0 radical (unpaired) electrons. The Morgan fingerprint density at radius 2 is 1.73 bits per heavy atom. The zero-order valence-electron chi connectivity index (χ0n) is 18.1. The first-order chi connectivity index (χ1) is 14.5. The minimum atomic E-state index is -0.755. The second kappa shape index (κ2) is 8.07.